The minimum atomic E-state index is -0.486. The van der Waals surface area contributed by atoms with E-state index in [0.717, 1.165) is 41.0 Å². The van der Waals surface area contributed by atoms with E-state index in [9.17, 15) is 9.90 Å². The van der Waals surface area contributed by atoms with Crippen molar-refractivity contribution in [2.45, 2.75) is 38.3 Å². The fourth-order valence-corrected chi connectivity index (χ4v) is 3.80. The molecule has 4 nitrogen and oxygen atoms in total. The minimum Gasteiger partial charge on any atom is -0.391 e. The first-order valence-electron chi connectivity index (χ1n) is 7.67. The Hall–Kier alpha value is -1.72. The maximum Gasteiger partial charge on any atom is 0.246 e. The summed E-state index contributed by atoms with van der Waals surface area (Å²) >= 11 is 1.57. The van der Waals surface area contributed by atoms with Crippen LogP contribution in [-0.2, 0) is 4.79 Å². The van der Waals surface area contributed by atoms with Crippen molar-refractivity contribution >= 4 is 33.5 Å². The van der Waals surface area contributed by atoms with Crippen LogP contribution in [0.1, 0.15) is 31.2 Å². The van der Waals surface area contributed by atoms with Gasteiger partial charge in [0.15, 0.2) is 0 Å². The lowest BCUT2D eigenvalue weighted by atomic mass is 9.98. The molecule has 1 N–H and O–H groups in total. The van der Waals surface area contributed by atoms with E-state index in [-0.39, 0.29) is 11.9 Å². The van der Waals surface area contributed by atoms with Gasteiger partial charge in [0.05, 0.1) is 22.4 Å². The number of likely N-dealkylation sites (tertiary alicyclic amines) is 1. The number of rotatable bonds is 3. The molecule has 0 bridgehead atoms. The van der Waals surface area contributed by atoms with Crippen LogP contribution < -0.4 is 0 Å². The number of hydrogen-bond acceptors (Lipinski definition) is 4. The highest BCUT2D eigenvalue weighted by Crippen LogP contribution is 2.23. The average Bonchev–Trinajstić information content (AvgIpc) is 2.95. The van der Waals surface area contributed by atoms with Gasteiger partial charge in [0.1, 0.15) is 5.01 Å². The number of carbonyl (C=O) groups excluding carboxylic acids is 1. The number of benzene rings is 1. The monoisotopic (exact) mass is 316 g/mol. The maximum atomic E-state index is 12.4. The first kappa shape index (κ1) is 15.2. The van der Waals surface area contributed by atoms with Gasteiger partial charge in [0.25, 0.3) is 0 Å². The summed E-state index contributed by atoms with van der Waals surface area (Å²) in [7, 11) is 0. The summed E-state index contributed by atoms with van der Waals surface area (Å²) in [6.45, 7) is 2.48. The van der Waals surface area contributed by atoms with Crippen molar-refractivity contribution in [2.24, 2.45) is 0 Å². The average molecular weight is 316 g/mol. The molecule has 3 rings (SSSR count). The molecule has 2 unspecified atom stereocenters. The molecule has 0 radical (unpaired) electrons. The van der Waals surface area contributed by atoms with Gasteiger partial charge in [0.2, 0.25) is 5.91 Å². The molecular weight excluding hydrogens is 296 g/mol. The Morgan fingerprint density at radius 3 is 3.05 bits per heavy atom. The summed E-state index contributed by atoms with van der Waals surface area (Å²) in [5, 5.41) is 10.7. The molecule has 2 heterocycles. The van der Waals surface area contributed by atoms with Crippen molar-refractivity contribution in [2.75, 3.05) is 6.54 Å². The number of aliphatic hydroxyl groups is 1. The van der Waals surface area contributed by atoms with Crippen LogP contribution in [0.15, 0.2) is 30.3 Å². The van der Waals surface area contributed by atoms with Crippen molar-refractivity contribution in [3.8, 4) is 0 Å². The normalized spacial score (nSPS) is 20.6. The molecule has 1 fully saturated rings. The SMILES string of the molecule is CC(O)C1CCCCN1C(=O)/C=C/c1nc2ccccc2s1. The predicted molar refractivity (Wildman–Crippen MR) is 89.7 cm³/mol. The number of aromatic nitrogens is 1. The molecule has 1 aliphatic heterocycles. The van der Waals surface area contributed by atoms with Crippen molar-refractivity contribution in [3.05, 3.63) is 35.3 Å². The molecule has 116 valence electrons. The largest absolute Gasteiger partial charge is 0.391 e. The van der Waals surface area contributed by atoms with Crippen LogP contribution in [0.3, 0.4) is 0 Å². The number of hydrogen-bond donors (Lipinski definition) is 1. The van der Waals surface area contributed by atoms with E-state index < -0.39 is 6.10 Å². The Morgan fingerprint density at radius 2 is 2.27 bits per heavy atom. The van der Waals surface area contributed by atoms with Gasteiger partial charge in [-0.3, -0.25) is 4.79 Å². The second-order valence-corrected chi connectivity index (χ2v) is 6.75. The first-order valence-corrected chi connectivity index (χ1v) is 8.49. The van der Waals surface area contributed by atoms with Crippen LogP contribution in [0.25, 0.3) is 16.3 Å². The zero-order valence-electron chi connectivity index (χ0n) is 12.6. The van der Waals surface area contributed by atoms with Gasteiger partial charge in [0, 0.05) is 12.6 Å². The van der Waals surface area contributed by atoms with Crippen molar-refractivity contribution < 1.29 is 9.90 Å². The van der Waals surface area contributed by atoms with E-state index >= 15 is 0 Å². The topological polar surface area (TPSA) is 53.4 Å². The summed E-state index contributed by atoms with van der Waals surface area (Å²) in [5.41, 5.74) is 0.958. The molecule has 1 aromatic heterocycles. The molecule has 1 saturated heterocycles. The van der Waals surface area contributed by atoms with Gasteiger partial charge in [-0.05, 0) is 44.4 Å². The number of piperidine rings is 1. The van der Waals surface area contributed by atoms with Crippen LogP contribution >= 0.6 is 11.3 Å². The molecule has 2 atom stereocenters. The van der Waals surface area contributed by atoms with Crippen LogP contribution in [0, 0.1) is 0 Å². The summed E-state index contributed by atoms with van der Waals surface area (Å²) in [5.74, 6) is -0.0372. The van der Waals surface area contributed by atoms with Gasteiger partial charge in [-0.2, -0.15) is 0 Å². The predicted octanol–water partition coefficient (Wildman–Crippen LogP) is 3.07. The minimum absolute atomic E-state index is 0.0372. The molecule has 1 aromatic carbocycles. The second kappa shape index (κ2) is 6.58. The molecular formula is C17H20N2O2S. The van der Waals surface area contributed by atoms with E-state index in [1.165, 1.54) is 0 Å². The van der Waals surface area contributed by atoms with Crippen molar-refractivity contribution in [1.82, 2.24) is 9.88 Å². The quantitative estimate of drug-likeness (QED) is 0.885. The maximum absolute atomic E-state index is 12.4. The smallest absolute Gasteiger partial charge is 0.246 e. The fourth-order valence-electron chi connectivity index (χ4n) is 2.93. The molecule has 22 heavy (non-hydrogen) atoms. The third-order valence-electron chi connectivity index (χ3n) is 4.07. The van der Waals surface area contributed by atoms with E-state index in [4.69, 9.17) is 0 Å². The number of thiazole rings is 1. The van der Waals surface area contributed by atoms with Crippen LogP contribution in [0.2, 0.25) is 0 Å². The highest BCUT2D eigenvalue weighted by atomic mass is 32.1. The zero-order chi connectivity index (χ0) is 15.5. The van der Waals surface area contributed by atoms with Crippen LogP contribution in [0.5, 0.6) is 0 Å². The molecule has 5 heteroatoms. The summed E-state index contributed by atoms with van der Waals surface area (Å²) in [6, 6.07) is 7.88. The number of carbonyl (C=O) groups is 1. The van der Waals surface area contributed by atoms with E-state index in [1.807, 2.05) is 24.3 Å². The van der Waals surface area contributed by atoms with Gasteiger partial charge in [-0.15, -0.1) is 11.3 Å². The van der Waals surface area contributed by atoms with Crippen LogP contribution in [-0.4, -0.2) is 39.6 Å². The Balaban J connectivity index is 1.74. The summed E-state index contributed by atoms with van der Waals surface area (Å²) in [4.78, 5) is 18.7. The molecule has 0 saturated carbocycles. The second-order valence-electron chi connectivity index (χ2n) is 5.69. The van der Waals surface area contributed by atoms with E-state index in [1.54, 1.807) is 35.3 Å². The lowest BCUT2D eigenvalue weighted by molar-refractivity contribution is -0.132. The number of amides is 1. The fraction of sp³-hybridized carbons (Fsp3) is 0.412. The highest BCUT2D eigenvalue weighted by Gasteiger charge is 2.28. The third-order valence-corrected chi connectivity index (χ3v) is 5.07. The van der Waals surface area contributed by atoms with E-state index in [0.29, 0.717) is 0 Å². The molecule has 1 aliphatic rings. The highest BCUT2D eigenvalue weighted by molar-refractivity contribution is 7.19. The molecule has 0 spiro atoms. The van der Waals surface area contributed by atoms with Crippen molar-refractivity contribution in [1.29, 1.82) is 0 Å². The third kappa shape index (κ3) is 3.20. The van der Waals surface area contributed by atoms with Crippen LogP contribution in [0.4, 0.5) is 0 Å². The number of nitrogens with zero attached hydrogens (tertiary/aromatic N) is 2. The Morgan fingerprint density at radius 1 is 1.45 bits per heavy atom. The Bertz CT molecular complexity index is 660. The molecule has 1 amide bonds. The summed E-state index contributed by atoms with van der Waals surface area (Å²) in [6.07, 6.45) is 5.82. The summed E-state index contributed by atoms with van der Waals surface area (Å²) < 4.78 is 1.12. The lowest BCUT2D eigenvalue weighted by Crippen LogP contribution is -2.48. The van der Waals surface area contributed by atoms with Gasteiger partial charge >= 0.3 is 0 Å². The van der Waals surface area contributed by atoms with Crippen molar-refractivity contribution in [3.63, 3.8) is 0 Å². The standard InChI is InChI=1S/C17H20N2O2S/c1-12(20)14-7-4-5-11-19(14)17(21)10-9-16-18-13-6-2-3-8-15(13)22-16/h2-3,6,8-10,12,14,20H,4-5,7,11H2,1H3/b10-9+. The zero-order valence-corrected chi connectivity index (χ0v) is 13.4. The Labute approximate surface area is 134 Å². The molecule has 2 aromatic rings. The van der Waals surface area contributed by atoms with Gasteiger partial charge in [-0.25, -0.2) is 4.98 Å². The van der Waals surface area contributed by atoms with Gasteiger partial charge in [-0.1, -0.05) is 12.1 Å². The lowest BCUT2D eigenvalue weighted by Gasteiger charge is -2.36. The number of fused-ring (bicyclic) bond motifs is 1. The van der Waals surface area contributed by atoms with Gasteiger partial charge < -0.3 is 10.0 Å². The first-order chi connectivity index (χ1) is 10.6. The number of aliphatic hydroxyl groups excluding tert-OH is 1. The number of para-hydroxylation sites is 1. The molecule has 0 aliphatic carbocycles. The Kier molecular flexibility index (Phi) is 4.55. The van der Waals surface area contributed by atoms with E-state index in [2.05, 4.69) is 4.98 Å².